The molecule has 0 aliphatic heterocycles. The summed E-state index contributed by atoms with van der Waals surface area (Å²) in [4.78, 5) is 46.5. The van der Waals surface area contributed by atoms with Gasteiger partial charge < -0.3 is 19.9 Å². The Bertz CT molecular complexity index is 515. The Hall–Kier alpha value is -2.12. The third kappa shape index (κ3) is 13.2. The summed E-state index contributed by atoms with van der Waals surface area (Å²) in [5.41, 5.74) is -1.34. The molecule has 0 saturated carbocycles. The van der Waals surface area contributed by atoms with Crippen LogP contribution < -0.4 is 5.32 Å². The molecule has 0 aliphatic carbocycles. The molecule has 0 aromatic carbocycles. The summed E-state index contributed by atoms with van der Waals surface area (Å²) < 4.78 is 10.4. The second kappa shape index (κ2) is 10.1. The predicted octanol–water partition coefficient (Wildman–Crippen LogP) is 2.19. The van der Waals surface area contributed by atoms with E-state index in [4.69, 9.17) is 14.6 Å². The van der Waals surface area contributed by atoms with E-state index in [9.17, 15) is 19.2 Å². The molecule has 26 heavy (non-hydrogen) atoms. The van der Waals surface area contributed by atoms with Crippen molar-refractivity contribution in [2.45, 2.75) is 90.9 Å². The van der Waals surface area contributed by atoms with Gasteiger partial charge in [0, 0.05) is 19.3 Å². The van der Waals surface area contributed by atoms with Gasteiger partial charge in [0.15, 0.2) is 0 Å². The van der Waals surface area contributed by atoms with Gasteiger partial charge in [-0.15, -0.1) is 0 Å². The summed E-state index contributed by atoms with van der Waals surface area (Å²) in [6.07, 6.45) is 0.0212. The van der Waals surface area contributed by atoms with Crippen LogP contribution in [0.25, 0.3) is 0 Å². The standard InChI is InChI=1S/C18H31NO7/c1-17(2,3)25-15(23)9-7-8-13(20)19-12(10-11-14(21)22)16(24)26-18(4,5)6/h12H,7-11H2,1-6H3,(H,19,20)(H,21,22)/t12-/m1/s1. The lowest BCUT2D eigenvalue weighted by Crippen LogP contribution is -2.44. The first-order valence-corrected chi connectivity index (χ1v) is 8.65. The molecule has 0 rings (SSSR count). The number of carboxylic acid groups (broad SMARTS) is 1. The van der Waals surface area contributed by atoms with Crippen molar-refractivity contribution in [3.05, 3.63) is 0 Å². The molecule has 0 saturated heterocycles. The minimum atomic E-state index is -1.07. The molecule has 0 aliphatic rings. The molecular formula is C18H31NO7. The van der Waals surface area contributed by atoms with E-state index in [1.807, 2.05) is 0 Å². The summed E-state index contributed by atoms with van der Waals surface area (Å²) in [6.45, 7) is 10.3. The topological polar surface area (TPSA) is 119 Å². The minimum Gasteiger partial charge on any atom is -0.481 e. The Morgan fingerprint density at radius 3 is 1.88 bits per heavy atom. The Balaban J connectivity index is 4.55. The molecule has 0 spiro atoms. The number of amides is 1. The molecule has 1 amide bonds. The number of hydrogen-bond donors (Lipinski definition) is 2. The van der Waals surface area contributed by atoms with Crippen molar-refractivity contribution in [2.75, 3.05) is 0 Å². The number of rotatable bonds is 9. The average molecular weight is 373 g/mol. The van der Waals surface area contributed by atoms with Gasteiger partial charge >= 0.3 is 17.9 Å². The van der Waals surface area contributed by atoms with E-state index in [1.165, 1.54) is 0 Å². The number of hydrogen-bond acceptors (Lipinski definition) is 6. The SMILES string of the molecule is CC(C)(C)OC(=O)CCCC(=O)N[C@H](CCC(=O)O)C(=O)OC(C)(C)C. The maximum atomic E-state index is 12.1. The summed E-state index contributed by atoms with van der Waals surface area (Å²) >= 11 is 0. The first kappa shape index (κ1) is 23.9. The van der Waals surface area contributed by atoms with Crippen LogP contribution in [0.15, 0.2) is 0 Å². The molecule has 0 aromatic rings. The Kier molecular flexibility index (Phi) is 9.31. The van der Waals surface area contributed by atoms with Crippen molar-refractivity contribution >= 4 is 23.8 Å². The molecule has 8 nitrogen and oxygen atoms in total. The number of carbonyl (C=O) groups excluding carboxylic acids is 3. The summed E-state index contributed by atoms with van der Waals surface area (Å²) in [5, 5.41) is 11.3. The van der Waals surface area contributed by atoms with Gasteiger partial charge in [0.2, 0.25) is 5.91 Å². The lowest BCUT2D eigenvalue weighted by atomic mass is 10.1. The van der Waals surface area contributed by atoms with Gasteiger partial charge in [-0.2, -0.15) is 0 Å². The highest BCUT2D eigenvalue weighted by atomic mass is 16.6. The van der Waals surface area contributed by atoms with E-state index in [-0.39, 0.29) is 32.1 Å². The summed E-state index contributed by atoms with van der Waals surface area (Å²) in [5.74, 6) is -2.60. The molecule has 2 N–H and O–H groups in total. The molecule has 150 valence electrons. The Morgan fingerprint density at radius 2 is 1.42 bits per heavy atom. The molecule has 0 aromatic heterocycles. The zero-order valence-corrected chi connectivity index (χ0v) is 16.5. The van der Waals surface area contributed by atoms with Crippen molar-refractivity contribution in [1.29, 1.82) is 0 Å². The quantitative estimate of drug-likeness (QED) is 0.595. The number of aliphatic carboxylic acids is 1. The molecule has 0 fully saturated rings. The molecule has 0 bridgehead atoms. The molecule has 1 atom stereocenters. The fourth-order valence-corrected chi connectivity index (χ4v) is 1.94. The largest absolute Gasteiger partial charge is 0.481 e. The van der Waals surface area contributed by atoms with Crippen LogP contribution in [0.1, 0.15) is 73.6 Å². The predicted molar refractivity (Wildman–Crippen MR) is 94.3 cm³/mol. The van der Waals surface area contributed by atoms with Gasteiger partial charge in [-0.1, -0.05) is 0 Å². The number of ether oxygens (including phenoxy) is 2. The first-order chi connectivity index (χ1) is 11.7. The van der Waals surface area contributed by atoms with E-state index < -0.39 is 41.1 Å². The van der Waals surface area contributed by atoms with Gasteiger partial charge in [0.25, 0.3) is 0 Å². The molecular weight excluding hydrogens is 342 g/mol. The highest BCUT2D eigenvalue weighted by Crippen LogP contribution is 2.12. The summed E-state index contributed by atoms with van der Waals surface area (Å²) in [7, 11) is 0. The van der Waals surface area contributed by atoms with Crippen LogP contribution in [0.4, 0.5) is 0 Å². The lowest BCUT2D eigenvalue weighted by molar-refractivity contribution is -0.159. The maximum absolute atomic E-state index is 12.1. The Labute approximate surface area is 154 Å². The highest BCUT2D eigenvalue weighted by molar-refractivity contribution is 5.85. The van der Waals surface area contributed by atoms with Crippen LogP contribution in [0.5, 0.6) is 0 Å². The third-order valence-corrected chi connectivity index (χ3v) is 2.88. The number of carboxylic acids is 1. The molecule has 0 radical (unpaired) electrons. The fourth-order valence-electron chi connectivity index (χ4n) is 1.94. The number of nitrogens with one attached hydrogen (secondary N) is 1. The van der Waals surface area contributed by atoms with E-state index in [2.05, 4.69) is 5.32 Å². The van der Waals surface area contributed by atoms with Gasteiger partial charge in [-0.25, -0.2) is 4.79 Å². The van der Waals surface area contributed by atoms with Gasteiger partial charge in [0.05, 0.1) is 0 Å². The monoisotopic (exact) mass is 373 g/mol. The van der Waals surface area contributed by atoms with Crippen molar-refractivity contribution in [3.63, 3.8) is 0 Å². The smallest absolute Gasteiger partial charge is 0.329 e. The van der Waals surface area contributed by atoms with Gasteiger partial charge in [-0.3, -0.25) is 14.4 Å². The number of esters is 2. The molecule has 0 unspecified atom stereocenters. The zero-order chi connectivity index (χ0) is 20.5. The summed E-state index contributed by atoms with van der Waals surface area (Å²) in [6, 6.07) is -1.04. The maximum Gasteiger partial charge on any atom is 0.329 e. The number of carbonyl (C=O) groups is 4. The van der Waals surface area contributed by atoms with E-state index in [0.717, 1.165) is 0 Å². The van der Waals surface area contributed by atoms with Gasteiger partial charge in [0.1, 0.15) is 17.2 Å². The van der Waals surface area contributed by atoms with Crippen molar-refractivity contribution in [1.82, 2.24) is 5.32 Å². The van der Waals surface area contributed by atoms with Crippen LogP contribution >= 0.6 is 0 Å². The normalized spacial score (nSPS) is 12.8. The van der Waals surface area contributed by atoms with Crippen LogP contribution in [-0.2, 0) is 28.7 Å². The van der Waals surface area contributed by atoms with Crippen LogP contribution in [0, 0.1) is 0 Å². The fraction of sp³-hybridized carbons (Fsp3) is 0.778. The molecule has 0 heterocycles. The Morgan fingerprint density at radius 1 is 0.885 bits per heavy atom. The lowest BCUT2D eigenvalue weighted by Gasteiger charge is -2.24. The highest BCUT2D eigenvalue weighted by Gasteiger charge is 2.27. The van der Waals surface area contributed by atoms with Crippen LogP contribution in [0.2, 0.25) is 0 Å². The third-order valence-electron chi connectivity index (χ3n) is 2.88. The second-order valence-electron chi connectivity index (χ2n) is 8.03. The second-order valence-corrected chi connectivity index (χ2v) is 8.03. The van der Waals surface area contributed by atoms with Crippen LogP contribution in [0.3, 0.4) is 0 Å². The van der Waals surface area contributed by atoms with E-state index >= 15 is 0 Å². The van der Waals surface area contributed by atoms with Crippen molar-refractivity contribution in [2.24, 2.45) is 0 Å². The zero-order valence-electron chi connectivity index (χ0n) is 16.5. The van der Waals surface area contributed by atoms with Crippen molar-refractivity contribution < 1.29 is 33.8 Å². The van der Waals surface area contributed by atoms with E-state index in [1.54, 1.807) is 41.5 Å². The van der Waals surface area contributed by atoms with Gasteiger partial charge in [-0.05, 0) is 54.4 Å². The van der Waals surface area contributed by atoms with Crippen molar-refractivity contribution in [3.8, 4) is 0 Å². The van der Waals surface area contributed by atoms with Crippen LogP contribution in [-0.4, -0.2) is 46.2 Å². The van der Waals surface area contributed by atoms with E-state index in [0.29, 0.717) is 0 Å². The minimum absolute atomic E-state index is 0.0195. The first-order valence-electron chi connectivity index (χ1n) is 8.65. The molecule has 8 heteroatoms. The average Bonchev–Trinajstić information content (AvgIpc) is 2.39.